The zero-order chi connectivity index (χ0) is 14.5. The van der Waals surface area contributed by atoms with Crippen LogP contribution in [0, 0.1) is 0 Å². The molecule has 0 bridgehead atoms. The van der Waals surface area contributed by atoms with Gasteiger partial charge in [0, 0.05) is 23.1 Å². The Morgan fingerprint density at radius 1 is 0.810 bits per heavy atom. The van der Waals surface area contributed by atoms with E-state index in [1.54, 1.807) is 6.20 Å². The number of benzene rings is 2. The lowest BCUT2D eigenvalue weighted by Crippen LogP contribution is -2.12. The second-order valence-electron chi connectivity index (χ2n) is 4.78. The van der Waals surface area contributed by atoms with Crippen molar-refractivity contribution in [3.63, 3.8) is 0 Å². The fraction of sp³-hybridized carbons (Fsp3) is 0.0556. The Morgan fingerprint density at radius 3 is 2.19 bits per heavy atom. The van der Waals surface area contributed by atoms with Crippen LogP contribution in [-0.4, -0.2) is 4.98 Å². The molecule has 0 radical (unpaired) electrons. The summed E-state index contributed by atoms with van der Waals surface area (Å²) in [5.41, 5.74) is 3.34. The number of rotatable bonds is 4. The summed E-state index contributed by atoms with van der Waals surface area (Å²) >= 11 is 5.94. The molecule has 0 aliphatic carbocycles. The maximum absolute atomic E-state index is 5.94. The average Bonchev–Trinajstić information content (AvgIpc) is 2.56. The van der Waals surface area contributed by atoms with Gasteiger partial charge in [0.15, 0.2) is 0 Å². The highest BCUT2D eigenvalue weighted by atomic mass is 35.5. The first-order valence-corrected chi connectivity index (χ1v) is 7.18. The summed E-state index contributed by atoms with van der Waals surface area (Å²) in [6.07, 6.45) is 3.68. The number of hydrogen-bond acceptors (Lipinski definition) is 2. The standard InChI is InChI=1S/C18H15ClN2/c19-16-8-10-17(11-9-16)21-18(14-5-2-1-3-6-14)15-7-4-12-20-13-15/h1-13,18,21H. The topological polar surface area (TPSA) is 24.9 Å². The minimum Gasteiger partial charge on any atom is -0.374 e. The zero-order valence-corrected chi connectivity index (χ0v) is 12.2. The van der Waals surface area contributed by atoms with E-state index in [0.717, 1.165) is 16.3 Å². The largest absolute Gasteiger partial charge is 0.374 e. The van der Waals surface area contributed by atoms with E-state index in [1.807, 2.05) is 54.7 Å². The van der Waals surface area contributed by atoms with Gasteiger partial charge in [-0.15, -0.1) is 0 Å². The van der Waals surface area contributed by atoms with E-state index in [1.165, 1.54) is 5.56 Å². The molecule has 3 aromatic rings. The molecule has 1 aromatic heterocycles. The van der Waals surface area contributed by atoms with Gasteiger partial charge >= 0.3 is 0 Å². The minimum atomic E-state index is 0.0566. The molecule has 0 spiro atoms. The maximum atomic E-state index is 5.94. The second-order valence-corrected chi connectivity index (χ2v) is 5.22. The molecule has 21 heavy (non-hydrogen) atoms. The molecule has 1 unspecified atom stereocenters. The third-order valence-corrected chi connectivity index (χ3v) is 3.56. The van der Waals surface area contributed by atoms with E-state index in [2.05, 4.69) is 28.5 Å². The molecule has 0 aliphatic rings. The van der Waals surface area contributed by atoms with Crippen LogP contribution in [0.5, 0.6) is 0 Å². The highest BCUT2D eigenvalue weighted by Crippen LogP contribution is 2.26. The van der Waals surface area contributed by atoms with Crippen LogP contribution in [0.1, 0.15) is 17.2 Å². The van der Waals surface area contributed by atoms with Gasteiger partial charge in [-0.1, -0.05) is 48.0 Å². The summed E-state index contributed by atoms with van der Waals surface area (Å²) in [6.45, 7) is 0. The highest BCUT2D eigenvalue weighted by molar-refractivity contribution is 6.30. The van der Waals surface area contributed by atoms with Gasteiger partial charge in [0.2, 0.25) is 0 Å². The Labute approximate surface area is 129 Å². The lowest BCUT2D eigenvalue weighted by Gasteiger charge is -2.20. The van der Waals surface area contributed by atoms with Crippen molar-refractivity contribution in [1.29, 1.82) is 0 Å². The van der Waals surface area contributed by atoms with Crippen molar-refractivity contribution >= 4 is 17.3 Å². The molecular formula is C18H15ClN2. The van der Waals surface area contributed by atoms with Crippen molar-refractivity contribution in [2.75, 3.05) is 5.32 Å². The molecule has 104 valence electrons. The van der Waals surface area contributed by atoms with Gasteiger partial charge in [-0.05, 0) is 41.5 Å². The average molecular weight is 295 g/mol. The number of pyridine rings is 1. The van der Waals surface area contributed by atoms with Gasteiger partial charge in [-0.3, -0.25) is 4.98 Å². The first-order chi connectivity index (χ1) is 10.3. The summed E-state index contributed by atoms with van der Waals surface area (Å²) in [5.74, 6) is 0. The molecule has 0 amide bonds. The van der Waals surface area contributed by atoms with Crippen molar-refractivity contribution in [1.82, 2.24) is 4.98 Å². The van der Waals surface area contributed by atoms with Crippen molar-refractivity contribution < 1.29 is 0 Å². The van der Waals surface area contributed by atoms with Gasteiger partial charge in [0.05, 0.1) is 6.04 Å². The number of hydrogen-bond donors (Lipinski definition) is 1. The van der Waals surface area contributed by atoms with Crippen LogP contribution in [0.25, 0.3) is 0 Å². The zero-order valence-electron chi connectivity index (χ0n) is 11.4. The van der Waals surface area contributed by atoms with E-state index in [4.69, 9.17) is 11.6 Å². The van der Waals surface area contributed by atoms with Gasteiger partial charge in [0.25, 0.3) is 0 Å². The molecular weight excluding hydrogens is 280 g/mol. The molecule has 2 nitrogen and oxygen atoms in total. The molecule has 0 saturated heterocycles. The van der Waals surface area contributed by atoms with Gasteiger partial charge in [-0.2, -0.15) is 0 Å². The predicted octanol–water partition coefficient (Wildman–Crippen LogP) is 4.94. The van der Waals surface area contributed by atoms with Crippen LogP contribution in [0.3, 0.4) is 0 Å². The van der Waals surface area contributed by atoms with E-state index in [0.29, 0.717) is 0 Å². The number of halogens is 1. The fourth-order valence-corrected chi connectivity index (χ4v) is 2.39. The van der Waals surface area contributed by atoms with E-state index < -0.39 is 0 Å². The molecule has 0 fully saturated rings. The molecule has 3 rings (SSSR count). The Kier molecular flexibility index (Phi) is 4.17. The number of anilines is 1. The Morgan fingerprint density at radius 2 is 1.52 bits per heavy atom. The summed E-state index contributed by atoms with van der Waals surface area (Å²) in [5, 5.41) is 4.27. The minimum absolute atomic E-state index is 0.0566. The Bertz CT molecular complexity index is 642. The summed E-state index contributed by atoms with van der Waals surface area (Å²) in [4.78, 5) is 4.23. The number of nitrogens with zero attached hydrogens (tertiary/aromatic N) is 1. The molecule has 1 N–H and O–H groups in total. The smallest absolute Gasteiger partial charge is 0.0782 e. The van der Waals surface area contributed by atoms with Crippen LogP contribution >= 0.6 is 11.6 Å². The van der Waals surface area contributed by atoms with Crippen LogP contribution in [0.2, 0.25) is 5.02 Å². The van der Waals surface area contributed by atoms with Gasteiger partial charge in [0.1, 0.15) is 0 Å². The van der Waals surface area contributed by atoms with E-state index in [-0.39, 0.29) is 6.04 Å². The Hall–Kier alpha value is -2.32. The van der Waals surface area contributed by atoms with Crippen molar-refractivity contribution in [3.8, 4) is 0 Å². The molecule has 3 heteroatoms. The first kappa shape index (κ1) is 13.7. The Balaban J connectivity index is 1.95. The van der Waals surface area contributed by atoms with Crippen molar-refractivity contribution in [2.45, 2.75) is 6.04 Å². The van der Waals surface area contributed by atoms with Gasteiger partial charge < -0.3 is 5.32 Å². The normalized spacial score (nSPS) is 11.9. The number of aromatic nitrogens is 1. The second kappa shape index (κ2) is 6.42. The van der Waals surface area contributed by atoms with Crippen LogP contribution in [0.4, 0.5) is 5.69 Å². The SMILES string of the molecule is Clc1ccc(NC(c2ccccc2)c2cccnc2)cc1. The van der Waals surface area contributed by atoms with Gasteiger partial charge in [-0.25, -0.2) is 0 Å². The highest BCUT2D eigenvalue weighted by Gasteiger charge is 2.13. The predicted molar refractivity (Wildman–Crippen MR) is 87.6 cm³/mol. The monoisotopic (exact) mass is 294 g/mol. The lowest BCUT2D eigenvalue weighted by molar-refractivity contribution is 0.928. The molecule has 0 saturated carbocycles. The molecule has 0 aliphatic heterocycles. The van der Waals surface area contributed by atoms with Crippen LogP contribution in [0.15, 0.2) is 79.1 Å². The third-order valence-electron chi connectivity index (χ3n) is 3.31. The van der Waals surface area contributed by atoms with Crippen LogP contribution in [-0.2, 0) is 0 Å². The fourth-order valence-electron chi connectivity index (χ4n) is 2.26. The number of nitrogens with one attached hydrogen (secondary N) is 1. The maximum Gasteiger partial charge on any atom is 0.0782 e. The summed E-state index contributed by atoms with van der Waals surface area (Å²) in [7, 11) is 0. The quantitative estimate of drug-likeness (QED) is 0.737. The molecule has 2 aromatic carbocycles. The summed E-state index contributed by atoms with van der Waals surface area (Å²) in [6, 6.07) is 22.1. The van der Waals surface area contributed by atoms with E-state index in [9.17, 15) is 0 Å². The first-order valence-electron chi connectivity index (χ1n) is 6.80. The summed E-state index contributed by atoms with van der Waals surface area (Å²) < 4.78 is 0. The van der Waals surface area contributed by atoms with Crippen LogP contribution < -0.4 is 5.32 Å². The third kappa shape index (κ3) is 3.41. The van der Waals surface area contributed by atoms with Crippen molar-refractivity contribution in [3.05, 3.63) is 95.3 Å². The van der Waals surface area contributed by atoms with E-state index >= 15 is 0 Å². The molecule has 1 atom stereocenters. The van der Waals surface area contributed by atoms with Crippen molar-refractivity contribution in [2.24, 2.45) is 0 Å². The lowest BCUT2D eigenvalue weighted by atomic mass is 10.00. The molecule has 1 heterocycles.